The van der Waals surface area contributed by atoms with Crippen LogP contribution in [0.2, 0.25) is 0 Å². The smallest absolute Gasteiger partial charge is 0.238 e. The highest BCUT2D eigenvalue weighted by atomic mass is 32.2. The number of amides is 1. The number of carbonyl (C=O) groups excluding carboxylic acids is 1. The lowest BCUT2D eigenvalue weighted by Gasteiger charge is -2.34. The van der Waals surface area contributed by atoms with E-state index in [2.05, 4.69) is 32.1 Å². The molecule has 3 aromatic rings. The Kier molecular flexibility index (Phi) is 6.32. The van der Waals surface area contributed by atoms with E-state index in [1.165, 1.54) is 11.8 Å². The molecule has 4 heterocycles. The summed E-state index contributed by atoms with van der Waals surface area (Å²) in [6, 6.07) is 9.42. The third-order valence-corrected chi connectivity index (χ3v) is 5.77. The summed E-state index contributed by atoms with van der Waals surface area (Å²) < 4.78 is 5.70. The summed E-state index contributed by atoms with van der Waals surface area (Å²) in [5, 5.41) is 4.28. The molecule has 4 rings (SSSR count). The van der Waals surface area contributed by atoms with Crippen molar-refractivity contribution in [3.8, 4) is 11.3 Å². The Labute approximate surface area is 179 Å². The van der Waals surface area contributed by atoms with Crippen molar-refractivity contribution in [2.24, 2.45) is 5.73 Å². The minimum Gasteiger partial charge on any atom is -0.464 e. The van der Waals surface area contributed by atoms with E-state index in [9.17, 15) is 4.79 Å². The number of piperazine rings is 1. The Morgan fingerprint density at radius 2 is 2.00 bits per heavy atom. The third-order valence-electron chi connectivity index (χ3n) is 4.90. The van der Waals surface area contributed by atoms with Crippen molar-refractivity contribution in [2.75, 3.05) is 50.0 Å². The van der Waals surface area contributed by atoms with Crippen molar-refractivity contribution in [2.45, 2.75) is 10.1 Å². The molecule has 0 saturated carbocycles. The Balaban J connectivity index is 1.60. The predicted molar refractivity (Wildman–Crippen MR) is 118 cm³/mol. The number of nitrogens with zero attached hydrogens (tertiary/aromatic N) is 4. The van der Waals surface area contributed by atoms with E-state index < -0.39 is 0 Å². The van der Waals surface area contributed by atoms with E-state index in [0.29, 0.717) is 5.69 Å². The molecule has 1 amide bonds. The Morgan fingerprint density at radius 1 is 1.20 bits per heavy atom. The monoisotopic (exact) mass is 424 g/mol. The SMILES string of the molecule is CN1CCN(c2cnc(Sc3cc(NC(=O)CN)ccn3)cc2-c2ccco2)CC1. The Hall–Kier alpha value is -2.88. The minimum atomic E-state index is -0.244. The number of furan rings is 1. The van der Waals surface area contributed by atoms with Crippen LogP contribution < -0.4 is 16.0 Å². The van der Waals surface area contributed by atoms with Gasteiger partial charge in [0.1, 0.15) is 15.8 Å². The van der Waals surface area contributed by atoms with Crippen molar-refractivity contribution < 1.29 is 9.21 Å². The molecule has 0 bridgehead atoms. The summed E-state index contributed by atoms with van der Waals surface area (Å²) >= 11 is 1.43. The van der Waals surface area contributed by atoms with Crippen LogP contribution in [0.25, 0.3) is 11.3 Å². The second kappa shape index (κ2) is 9.29. The van der Waals surface area contributed by atoms with E-state index in [4.69, 9.17) is 10.2 Å². The van der Waals surface area contributed by atoms with Crippen molar-refractivity contribution in [1.29, 1.82) is 0 Å². The fourth-order valence-corrected chi connectivity index (χ4v) is 4.07. The van der Waals surface area contributed by atoms with E-state index in [-0.39, 0.29) is 12.5 Å². The number of pyridine rings is 2. The van der Waals surface area contributed by atoms with Crippen LogP contribution in [0.1, 0.15) is 0 Å². The molecule has 3 N–H and O–H groups in total. The van der Waals surface area contributed by atoms with Crippen molar-refractivity contribution in [1.82, 2.24) is 14.9 Å². The molecule has 0 atom stereocenters. The number of nitrogens with one attached hydrogen (secondary N) is 1. The fraction of sp³-hybridized carbons (Fsp3) is 0.286. The summed E-state index contributed by atoms with van der Waals surface area (Å²) in [5.41, 5.74) is 8.10. The zero-order chi connectivity index (χ0) is 20.9. The topological polar surface area (TPSA) is 101 Å². The number of aromatic nitrogens is 2. The average Bonchev–Trinajstić information content (AvgIpc) is 3.29. The normalized spacial score (nSPS) is 14.7. The Bertz CT molecular complexity index is 1000. The molecule has 1 aliphatic rings. The lowest BCUT2D eigenvalue weighted by atomic mass is 10.1. The molecule has 0 aromatic carbocycles. The van der Waals surface area contributed by atoms with Gasteiger partial charge in [0, 0.05) is 43.6 Å². The maximum absolute atomic E-state index is 11.5. The van der Waals surface area contributed by atoms with Gasteiger partial charge in [0.25, 0.3) is 0 Å². The first-order valence-electron chi connectivity index (χ1n) is 9.73. The number of nitrogens with two attached hydrogens (primary N) is 1. The minimum absolute atomic E-state index is 0.0629. The van der Waals surface area contributed by atoms with Crippen LogP contribution in [-0.2, 0) is 4.79 Å². The van der Waals surface area contributed by atoms with Gasteiger partial charge in [0.05, 0.1) is 24.7 Å². The largest absolute Gasteiger partial charge is 0.464 e. The summed E-state index contributed by atoms with van der Waals surface area (Å²) in [7, 11) is 2.14. The summed E-state index contributed by atoms with van der Waals surface area (Å²) in [5.74, 6) is 0.567. The van der Waals surface area contributed by atoms with E-state index in [0.717, 1.165) is 53.2 Å². The highest BCUT2D eigenvalue weighted by Gasteiger charge is 2.20. The Morgan fingerprint density at radius 3 is 2.73 bits per heavy atom. The van der Waals surface area contributed by atoms with Crippen LogP contribution in [0, 0.1) is 0 Å². The number of anilines is 2. The van der Waals surface area contributed by atoms with Crippen LogP contribution in [-0.4, -0.2) is 60.5 Å². The van der Waals surface area contributed by atoms with Crippen LogP contribution in [0.5, 0.6) is 0 Å². The van der Waals surface area contributed by atoms with Gasteiger partial charge >= 0.3 is 0 Å². The highest BCUT2D eigenvalue weighted by molar-refractivity contribution is 7.99. The molecule has 1 aliphatic heterocycles. The van der Waals surface area contributed by atoms with Gasteiger partial charge in [-0.15, -0.1) is 0 Å². The zero-order valence-electron chi connectivity index (χ0n) is 16.7. The van der Waals surface area contributed by atoms with Crippen LogP contribution >= 0.6 is 11.8 Å². The molecule has 1 fully saturated rings. The molecule has 1 saturated heterocycles. The molecule has 3 aromatic heterocycles. The van der Waals surface area contributed by atoms with Gasteiger partial charge in [-0.3, -0.25) is 4.79 Å². The van der Waals surface area contributed by atoms with Gasteiger partial charge in [-0.2, -0.15) is 0 Å². The molecule has 8 nitrogen and oxygen atoms in total. The fourth-order valence-electron chi connectivity index (χ4n) is 3.28. The number of carbonyl (C=O) groups is 1. The maximum Gasteiger partial charge on any atom is 0.238 e. The van der Waals surface area contributed by atoms with Gasteiger partial charge in [0.15, 0.2) is 0 Å². The van der Waals surface area contributed by atoms with Gasteiger partial charge < -0.3 is 25.3 Å². The second-order valence-corrected chi connectivity index (χ2v) is 8.09. The number of hydrogen-bond acceptors (Lipinski definition) is 8. The van der Waals surface area contributed by atoms with Gasteiger partial charge in [-0.1, -0.05) is 11.8 Å². The molecule has 30 heavy (non-hydrogen) atoms. The number of likely N-dealkylation sites (N-methyl/N-ethyl adjacent to an activating group) is 1. The van der Waals surface area contributed by atoms with Gasteiger partial charge in [0.2, 0.25) is 5.91 Å². The van der Waals surface area contributed by atoms with E-state index in [1.54, 1.807) is 24.6 Å². The van der Waals surface area contributed by atoms with Crippen molar-refractivity contribution in [3.05, 3.63) is 49.0 Å². The molecular formula is C21H24N6O2S. The molecule has 0 radical (unpaired) electrons. The highest BCUT2D eigenvalue weighted by Crippen LogP contribution is 2.36. The third kappa shape index (κ3) is 4.81. The first-order chi connectivity index (χ1) is 14.6. The molecule has 156 valence electrons. The summed E-state index contributed by atoms with van der Waals surface area (Å²) in [6.45, 7) is 3.86. The standard InChI is InChI=1S/C21H24N6O2S/c1-26-6-8-27(9-7-26)17-14-24-21(12-16(17)18-3-2-10-29-18)30-20-11-15(4-5-23-20)25-19(28)13-22/h2-5,10-12,14H,6-9,13,22H2,1H3,(H,23,25,28). The molecule has 9 heteroatoms. The van der Waals surface area contributed by atoms with E-state index in [1.807, 2.05) is 24.4 Å². The molecular weight excluding hydrogens is 400 g/mol. The van der Waals surface area contributed by atoms with Crippen molar-refractivity contribution >= 4 is 29.0 Å². The molecule has 0 unspecified atom stereocenters. The predicted octanol–water partition coefficient (Wildman–Crippen LogP) is 2.54. The first kappa shape index (κ1) is 20.4. The number of rotatable bonds is 6. The lowest BCUT2D eigenvalue weighted by Crippen LogP contribution is -2.44. The molecule has 0 aliphatic carbocycles. The lowest BCUT2D eigenvalue weighted by molar-refractivity contribution is -0.114. The molecule has 0 spiro atoms. The quantitative estimate of drug-likeness (QED) is 0.623. The number of hydrogen-bond donors (Lipinski definition) is 2. The van der Waals surface area contributed by atoms with Crippen molar-refractivity contribution in [3.63, 3.8) is 0 Å². The average molecular weight is 425 g/mol. The second-order valence-electron chi connectivity index (χ2n) is 7.04. The van der Waals surface area contributed by atoms with Crippen LogP contribution in [0.4, 0.5) is 11.4 Å². The summed E-state index contributed by atoms with van der Waals surface area (Å²) in [4.78, 5) is 25.3. The van der Waals surface area contributed by atoms with Crippen LogP contribution in [0.3, 0.4) is 0 Å². The maximum atomic E-state index is 11.5. The van der Waals surface area contributed by atoms with Gasteiger partial charge in [-0.05, 0) is 37.4 Å². The zero-order valence-corrected chi connectivity index (χ0v) is 17.6. The van der Waals surface area contributed by atoms with E-state index >= 15 is 0 Å². The van der Waals surface area contributed by atoms with Crippen LogP contribution in [0.15, 0.2) is 63.5 Å². The van der Waals surface area contributed by atoms with Gasteiger partial charge in [-0.25, -0.2) is 9.97 Å². The first-order valence-corrected chi connectivity index (χ1v) is 10.6. The summed E-state index contributed by atoms with van der Waals surface area (Å²) in [6.07, 6.45) is 5.24.